The van der Waals surface area contributed by atoms with Gasteiger partial charge in [-0.1, -0.05) is 19.1 Å². The maximum Gasteiger partial charge on any atom is 0.423 e. The van der Waals surface area contributed by atoms with E-state index in [-0.39, 0.29) is 12.6 Å². The predicted molar refractivity (Wildman–Crippen MR) is 83.2 cm³/mol. The minimum atomic E-state index is -1.29. The number of likely N-dealkylation sites (tertiary alicyclic amines) is 1. The van der Waals surface area contributed by atoms with E-state index in [1.165, 1.54) is 0 Å². The van der Waals surface area contributed by atoms with Crippen LogP contribution < -0.4 is 5.43 Å². The third-order valence-electron chi connectivity index (χ3n) is 3.91. The van der Waals surface area contributed by atoms with Crippen molar-refractivity contribution in [2.24, 2.45) is 5.92 Å². The lowest BCUT2D eigenvalue weighted by Gasteiger charge is -2.34. The van der Waals surface area contributed by atoms with Crippen LogP contribution in [0.5, 0.6) is 0 Å². The number of nitrogens with zero attached hydrogens (tertiary/aromatic N) is 3. The summed E-state index contributed by atoms with van der Waals surface area (Å²) in [5.41, 5.74) is 3.31. The molecule has 2 rings (SSSR count). The number of urea groups is 1. The van der Waals surface area contributed by atoms with Crippen molar-refractivity contribution in [1.29, 1.82) is 5.26 Å². The molecule has 0 spiro atoms. The molecule has 0 atom stereocenters. The third-order valence-corrected chi connectivity index (χ3v) is 3.91. The maximum absolute atomic E-state index is 12.6. The van der Waals surface area contributed by atoms with Gasteiger partial charge in [-0.15, -0.1) is 0 Å². The topological polar surface area (TPSA) is 96.7 Å². The van der Waals surface area contributed by atoms with Gasteiger partial charge in [-0.05, 0) is 36.5 Å². The van der Waals surface area contributed by atoms with Crippen LogP contribution in [0.4, 0.5) is 9.59 Å². The Balaban J connectivity index is 2.11. The number of hydrazine groups is 1. The molecule has 7 heteroatoms. The van der Waals surface area contributed by atoms with Crippen LogP contribution in [0.2, 0.25) is 0 Å². The highest BCUT2D eigenvalue weighted by Gasteiger charge is 2.26. The molecule has 1 aromatic rings. The first kappa shape index (κ1) is 16.6. The largest absolute Gasteiger partial charge is 0.464 e. The van der Waals surface area contributed by atoms with Crippen molar-refractivity contribution >= 4 is 12.1 Å². The molecule has 0 aromatic heterocycles. The smallest absolute Gasteiger partial charge is 0.423 e. The van der Waals surface area contributed by atoms with Crippen LogP contribution in [-0.4, -0.2) is 40.2 Å². The third kappa shape index (κ3) is 4.61. The Morgan fingerprint density at radius 3 is 2.74 bits per heavy atom. The quantitative estimate of drug-likeness (QED) is 0.819. The van der Waals surface area contributed by atoms with Crippen LogP contribution >= 0.6 is 0 Å². The number of carbonyl (C=O) groups is 2. The SMILES string of the molecule is CC1CCN(C(=O)N(Cc2cccc(C#N)c2)NC(=O)O)CC1. The molecule has 1 saturated heterocycles. The zero-order valence-corrected chi connectivity index (χ0v) is 13.0. The number of nitriles is 1. The van der Waals surface area contributed by atoms with Crippen LogP contribution in [0.3, 0.4) is 0 Å². The summed E-state index contributed by atoms with van der Waals surface area (Å²) in [6, 6.07) is 8.43. The summed E-state index contributed by atoms with van der Waals surface area (Å²) < 4.78 is 0. The fourth-order valence-corrected chi connectivity index (χ4v) is 2.56. The number of amides is 3. The van der Waals surface area contributed by atoms with E-state index < -0.39 is 6.09 Å². The zero-order valence-electron chi connectivity index (χ0n) is 13.0. The molecular weight excluding hydrogens is 296 g/mol. The van der Waals surface area contributed by atoms with E-state index in [4.69, 9.17) is 10.4 Å². The molecule has 3 amide bonds. The Hall–Kier alpha value is -2.75. The summed E-state index contributed by atoms with van der Waals surface area (Å²) in [4.78, 5) is 25.2. The molecule has 122 valence electrons. The number of piperidine rings is 1. The van der Waals surface area contributed by atoms with Gasteiger partial charge in [0.15, 0.2) is 0 Å². The summed E-state index contributed by atoms with van der Waals surface area (Å²) in [6.07, 6.45) is 0.535. The van der Waals surface area contributed by atoms with Crippen molar-refractivity contribution < 1.29 is 14.7 Å². The first-order valence-corrected chi connectivity index (χ1v) is 7.54. The summed E-state index contributed by atoms with van der Waals surface area (Å²) >= 11 is 0. The van der Waals surface area contributed by atoms with Crippen LogP contribution in [0.1, 0.15) is 30.9 Å². The average molecular weight is 316 g/mol. The van der Waals surface area contributed by atoms with Crippen molar-refractivity contribution in [1.82, 2.24) is 15.3 Å². The van der Waals surface area contributed by atoms with Gasteiger partial charge in [-0.3, -0.25) is 0 Å². The first-order chi connectivity index (χ1) is 11.0. The van der Waals surface area contributed by atoms with E-state index in [1.54, 1.807) is 29.2 Å². The van der Waals surface area contributed by atoms with Gasteiger partial charge in [-0.2, -0.15) is 5.26 Å². The molecular formula is C16H20N4O3. The lowest BCUT2D eigenvalue weighted by molar-refractivity contribution is 0.103. The molecule has 1 aliphatic heterocycles. The van der Waals surface area contributed by atoms with E-state index in [0.717, 1.165) is 17.9 Å². The van der Waals surface area contributed by atoms with Crippen molar-refractivity contribution in [3.05, 3.63) is 35.4 Å². The number of benzene rings is 1. The van der Waals surface area contributed by atoms with Crippen molar-refractivity contribution in [2.75, 3.05) is 13.1 Å². The van der Waals surface area contributed by atoms with Crippen LogP contribution in [0, 0.1) is 17.2 Å². The normalized spacial score (nSPS) is 14.9. The van der Waals surface area contributed by atoms with Crippen LogP contribution in [0.15, 0.2) is 24.3 Å². The maximum atomic E-state index is 12.6. The van der Waals surface area contributed by atoms with Crippen molar-refractivity contribution in [3.8, 4) is 6.07 Å². The molecule has 7 nitrogen and oxygen atoms in total. The number of carbonyl (C=O) groups excluding carboxylic acids is 1. The summed E-state index contributed by atoms with van der Waals surface area (Å²) in [6.45, 7) is 3.46. The van der Waals surface area contributed by atoms with E-state index in [9.17, 15) is 9.59 Å². The molecule has 1 heterocycles. The average Bonchev–Trinajstić information content (AvgIpc) is 2.54. The van der Waals surface area contributed by atoms with Gasteiger partial charge in [0, 0.05) is 13.1 Å². The number of hydrogen-bond acceptors (Lipinski definition) is 3. The summed E-state index contributed by atoms with van der Waals surface area (Å²) in [5.74, 6) is 0.576. The zero-order chi connectivity index (χ0) is 16.8. The summed E-state index contributed by atoms with van der Waals surface area (Å²) in [5, 5.41) is 19.0. The highest BCUT2D eigenvalue weighted by molar-refractivity contribution is 5.77. The molecule has 1 aliphatic rings. The van der Waals surface area contributed by atoms with Gasteiger partial charge >= 0.3 is 12.1 Å². The van der Waals surface area contributed by atoms with Crippen LogP contribution in [-0.2, 0) is 6.54 Å². The molecule has 2 N–H and O–H groups in total. The monoisotopic (exact) mass is 316 g/mol. The Bertz CT molecular complexity index is 618. The molecule has 1 aromatic carbocycles. The number of rotatable bonds is 2. The molecule has 0 radical (unpaired) electrons. The summed E-state index contributed by atoms with van der Waals surface area (Å²) in [7, 11) is 0. The van der Waals surface area contributed by atoms with E-state index in [0.29, 0.717) is 30.1 Å². The second-order valence-corrected chi connectivity index (χ2v) is 5.77. The molecule has 0 saturated carbocycles. The molecule has 0 unspecified atom stereocenters. The Labute approximate surface area is 135 Å². The predicted octanol–water partition coefficient (Wildman–Crippen LogP) is 2.39. The molecule has 0 bridgehead atoms. The minimum absolute atomic E-state index is 0.0761. The van der Waals surface area contributed by atoms with Crippen LogP contribution in [0.25, 0.3) is 0 Å². The van der Waals surface area contributed by atoms with Crippen molar-refractivity contribution in [2.45, 2.75) is 26.3 Å². The van der Waals surface area contributed by atoms with Gasteiger partial charge in [0.05, 0.1) is 18.2 Å². The highest BCUT2D eigenvalue weighted by atomic mass is 16.4. The van der Waals surface area contributed by atoms with E-state index >= 15 is 0 Å². The van der Waals surface area contributed by atoms with Gasteiger partial charge in [-0.25, -0.2) is 20.0 Å². The second-order valence-electron chi connectivity index (χ2n) is 5.77. The molecule has 0 aliphatic carbocycles. The fraction of sp³-hybridized carbons (Fsp3) is 0.438. The molecule has 23 heavy (non-hydrogen) atoms. The minimum Gasteiger partial charge on any atom is -0.464 e. The number of hydrogen-bond donors (Lipinski definition) is 2. The highest BCUT2D eigenvalue weighted by Crippen LogP contribution is 2.18. The van der Waals surface area contributed by atoms with E-state index in [1.807, 2.05) is 6.07 Å². The Morgan fingerprint density at radius 1 is 1.43 bits per heavy atom. The van der Waals surface area contributed by atoms with E-state index in [2.05, 4.69) is 12.3 Å². The molecule has 1 fully saturated rings. The van der Waals surface area contributed by atoms with Gasteiger partial charge in [0.2, 0.25) is 0 Å². The second kappa shape index (κ2) is 7.49. The fourth-order valence-electron chi connectivity index (χ4n) is 2.56. The van der Waals surface area contributed by atoms with Gasteiger partial charge < -0.3 is 10.0 Å². The Kier molecular flexibility index (Phi) is 5.41. The Morgan fingerprint density at radius 2 is 2.13 bits per heavy atom. The van der Waals surface area contributed by atoms with Gasteiger partial charge in [0.25, 0.3) is 0 Å². The first-order valence-electron chi connectivity index (χ1n) is 7.54. The number of nitrogens with one attached hydrogen (secondary N) is 1. The van der Waals surface area contributed by atoms with Gasteiger partial charge in [0.1, 0.15) is 0 Å². The number of carboxylic acid groups (broad SMARTS) is 1. The van der Waals surface area contributed by atoms with Crippen molar-refractivity contribution in [3.63, 3.8) is 0 Å². The lowest BCUT2D eigenvalue weighted by atomic mass is 10.00. The standard InChI is InChI=1S/C16H20N4O3/c1-12-5-7-19(8-6-12)16(23)20(18-15(21)22)11-14-4-2-3-13(9-14)10-17/h2-4,9,12,18H,5-8,11H2,1H3,(H,21,22). The lowest BCUT2D eigenvalue weighted by Crippen LogP contribution is -2.52.